The summed E-state index contributed by atoms with van der Waals surface area (Å²) in [5, 5.41) is 2.21. The van der Waals surface area contributed by atoms with Gasteiger partial charge in [0.1, 0.15) is 0 Å². The van der Waals surface area contributed by atoms with Gasteiger partial charge in [-0.1, -0.05) is 48.5 Å². The van der Waals surface area contributed by atoms with Crippen molar-refractivity contribution in [3.63, 3.8) is 0 Å². The molecule has 1 aliphatic heterocycles. The van der Waals surface area contributed by atoms with Gasteiger partial charge in [-0.2, -0.15) is 0 Å². The van der Waals surface area contributed by atoms with Crippen molar-refractivity contribution >= 4 is 28.3 Å². The van der Waals surface area contributed by atoms with Crippen molar-refractivity contribution in [2.24, 2.45) is 4.99 Å². The molecule has 0 atom stereocenters. The number of hydrazine groups is 1. The summed E-state index contributed by atoms with van der Waals surface area (Å²) in [5.74, 6) is 0. The van der Waals surface area contributed by atoms with Crippen LogP contribution in [0.3, 0.4) is 0 Å². The molecule has 1 N–H and O–H groups in total. The average Bonchev–Trinajstić information content (AvgIpc) is 2.48. The van der Waals surface area contributed by atoms with E-state index in [-0.39, 0.29) is 0 Å². The Morgan fingerprint density at radius 3 is 2.21 bits per heavy atom. The van der Waals surface area contributed by atoms with Crippen LogP contribution in [-0.2, 0) is 0 Å². The minimum absolute atomic E-state index is 0.352. The molecule has 0 aromatic heterocycles. The van der Waals surface area contributed by atoms with E-state index in [0.29, 0.717) is 5.29 Å². The largest absolute Gasteiger partial charge is 0.268 e. The van der Waals surface area contributed by atoms with Crippen molar-refractivity contribution in [2.45, 2.75) is 0 Å². The number of nitrogens with one attached hydrogen (secondary N) is 1. The number of halogens is 1. The van der Waals surface area contributed by atoms with Crippen LogP contribution >= 0.6 is 11.6 Å². The van der Waals surface area contributed by atoms with Crippen LogP contribution in [0.5, 0.6) is 0 Å². The number of para-hydroxylation sites is 1. The molecule has 0 spiro atoms. The third-order valence-electron chi connectivity index (χ3n) is 2.79. The molecule has 0 saturated carbocycles. The van der Waals surface area contributed by atoms with Crippen molar-refractivity contribution in [3.8, 4) is 0 Å². The van der Waals surface area contributed by atoms with Crippen molar-refractivity contribution in [1.82, 2.24) is 5.43 Å². The van der Waals surface area contributed by atoms with E-state index < -0.39 is 0 Å². The molecule has 19 heavy (non-hydrogen) atoms. The van der Waals surface area contributed by atoms with E-state index in [1.807, 2.05) is 71.9 Å². The van der Waals surface area contributed by atoms with Crippen LogP contribution in [0.15, 0.2) is 71.9 Å². The predicted octanol–water partition coefficient (Wildman–Crippen LogP) is 3.60. The highest BCUT2D eigenvalue weighted by molar-refractivity contribution is 6.65. The molecule has 3 rings (SSSR count). The summed E-state index contributed by atoms with van der Waals surface area (Å²) in [6.07, 6.45) is 1.93. The number of nitrogens with zero attached hydrogens (tertiary/aromatic N) is 2. The smallest absolute Gasteiger partial charge is 0.215 e. The summed E-state index contributed by atoms with van der Waals surface area (Å²) in [4.78, 5) is 4.32. The molecule has 0 radical (unpaired) electrons. The SMILES string of the molecule is ClC1=NC(c2ccccc2)=CN(c2ccccc2)N1. The van der Waals surface area contributed by atoms with Crippen LogP contribution < -0.4 is 10.4 Å². The highest BCUT2D eigenvalue weighted by atomic mass is 35.5. The fraction of sp³-hybridized carbons (Fsp3) is 0. The third-order valence-corrected chi connectivity index (χ3v) is 2.96. The zero-order chi connectivity index (χ0) is 13.1. The quantitative estimate of drug-likeness (QED) is 0.844. The number of rotatable bonds is 2. The average molecular weight is 270 g/mol. The fourth-order valence-electron chi connectivity index (χ4n) is 1.89. The summed E-state index contributed by atoms with van der Waals surface area (Å²) in [5.41, 5.74) is 5.87. The van der Waals surface area contributed by atoms with E-state index in [9.17, 15) is 0 Å². The Morgan fingerprint density at radius 2 is 1.53 bits per heavy atom. The number of hydrogen-bond acceptors (Lipinski definition) is 3. The molecule has 0 fully saturated rings. The molecule has 4 heteroatoms. The maximum Gasteiger partial charge on any atom is 0.215 e. The van der Waals surface area contributed by atoms with Crippen molar-refractivity contribution in [3.05, 3.63) is 72.4 Å². The number of benzene rings is 2. The van der Waals surface area contributed by atoms with Gasteiger partial charge in [0.25, 0.3) is 0 Å². The second kappa shape index (κ2) is 5.16. The summed E-state index contributed by atoms with van der Waals surface area (Å²) < 4.78 is 0. The minimum Gasteiger partial charge on any atom is -0.268 e. The Kier molecular flexibility index (Phi) is 3.21. The van der Waals surface area contributed by atoms with Crippen LogP contribution in [-0.4, -0.2) is 5.29 Å². The topological polar surface area (TPSA) is 27.6 Å². The molecular formula is C15H12ClN3. The van der Waals surface area contributed by atoms with Crippen LogP contribution in [0.25, 0.3) is 5.70 Å². The van der Waals surface area contributed by atoms with Crippen LogP contribution in [0, 0.1) is 0 Å². The van der Waals surface area contributed by atoms with Crippen LogP contribution in [0.4, 0.5) is 5.69 Å². The third kappa shape index (κ3) is 2.61. The van der Waals surface area contributed by atoms with E-state index in [2.05, 4.69) is 10.4 Å². The van der Waals surface area contributed by atoms with Gasteiger partial charge in [-0.3, -0.25) is 10.4 Å². The van der Waals surface area contributed by atoms with Gasteiger partial charge in [-0.05, 0) is 23.7 Å². The molecule has 94 valence electrons. The Labute approximate surface area is 116 Å². The van der Waals surface area contributed by atoms with Gasteiger partial charge in [0.2, 0.25) is 5.29 Å². The molecule has 2 aromatic rings. The first kappa shape index (κ1) is 11.8. The number of anilines is 1. The molecule has 1 heterocycles. The van der Waals surface area contributed by atoms with E-state index in [0.717, 1.165) is 16.9 Å². The van der Waals surface area contributed by atoms with Gasteiger partial charge in [0, 0.05) is 5.56 Å². The maximum atomic E-state index is 6.06. The molecule has 0 saturated heterocycles. The first-order valence-electron chi connectivity index (χ1n) is 5.95. The first-order chi connectivity index (χ1) is 9.33. The van der Waals surface area contributed by atoms with E-state index in [4.69, 9.17) is 11.6 Å². The zero-order valence-electron chi connectivity index (χ0n) is 10.1. The number of aliphatic imine (C=N–C) groups is 1. The fourth-order valence-corrected chi connectivity index (χ4v) is 2.07. The van der Waals surface area contributed by atoms with Crippen molar-refractivity contribution in [2.75, 3.05) is 5.01 Å². The van der Waals surface area contributed by atoms with Crippen LogP contribution in [0.1, 0.15) is 5.56 Å². The Balaban J connectivity index is 1.98. The lowest BCUT2D eigenvalue weighted by Crippen LogP contribution is -2.38. The standard InChI is InChI=1S/C15H12ClN3/c16-15-17-14(12-7-3-1-4-8-12)11-19(18-15)13-9-5-2-6-10-13/h1-11H,(H,17,18). The molecule has 0 amide bonds. The molecular weight excluding hydrogens is 258 g/mol. The van der Waals surface area contributed by atoms with Crippen molar-refractivity contribution < 1.29 is 0 Å². The lowest BCUT2D eigenvalue weighted by Gasteiger charge is -2.25. The minimum atomic E-state index is 0.352. The van der Waals surface area contributed by atoms with Crippen molar-refractivity contribution in [1.29, 1.82) is 0 Å². The van der Waals surface area contributed by atoms with Crippen LogP contribution in [0.2, 0.25) is 0 Å². The Morgan fingerprint density at radius 1 is 0.895 bits per heavy atom. The Bertz CT molecular complexity index is 620. The second-order valence-electron chi connectivity index (χ2n) is 4.10. The van der Waals surface area contributed by atoms with E-state index in [1.54, 1.807) is 0 Å². The highest BCUT2D eigenvalue weighted by Gasteiger charge is 2.13. The molecule has 1 aliphatic rings. The molecule has 2 aromatic carbocycles. The van der Waals surface area contributed by atoms with Gasteiger partial charge in [-0.25, -0.2) is 4.99 Å². The predicted molar refractivity (Wildman–Crippen MR) is 79.8 cm³/mol. The molecule has 0 unspecified atom stereocenters. The number of hydrogen-bond donors (Lipinski definition) is 1. The van der Waals surface area contributed by atoms with Gasteiger partial charge in [0.05, 0.1) is 17.6 Å². The lowest BCUT2D eigenvalue weighted by atomic mass is 10.1. The molecule has 0 aliphatic carbocycles. The lowest BCUT2D eigenvalue weighted by molar-refractivity contribution is 0.921. The number of amidine groups is 1. The monoisotopic (exact) mass is 269 g/mol. The summed E-state index contributed by atoms with van der Waals surface area (Å²) in [6, 6.07) is 19.9. The normalized spacial score (nSPS) is 14.5. The van der Waals surface area contributed by atoms with E-state index in [1.165, 1.54) is 0 Å². The summed E-state index contributed by atoms with van der Waals surface area (Å²) >= 11 is 6.06. The van der Waals surface area contributed by atoms with Gasteiger partial charge in [0.15, 0.2) is 0 Å². The van der Waals surface area contributed by atoms with Gasteiger partial charge < -0.3 is 0 Å². The highest BCUT2D eigenvalue weighted by Crippen LogP contribution is 2.22. The zero-order valence-corrected chi connectivity index (χ0v) is 10.9. The maximum absolute atomic E-state index is 6.06. The van der Waals surface area contributed by atoms with Gasteiger partial charge >= 0.3 is 0 Å². The first-order valence-corrected chi connectivity index (χ1v) is 6.33. The summed E-state index contributed by atoms with van der Waals surface area (Å²) in [7, 11) is 0. The Hall–Kier alpha value is -2.26. The molecule has 3 nitrogen and oxygen atoms in total. The van der Waals surface area contributed by atoms with E-state index >= 15 is 0 Å². The summed E-state index contributed by atoms with van der Waals surface area (Å²) in [6.45, 7) is 0. The van der Waals surface area contributed by atoms with Gasteiger partial charge in [-0.15, -0.1) is 0 Å². The molecule has 0 bridgehead atoms. The second-order valence-corrected chi connectivity index (χ2v) is 4.46.